The van der Waals surface area contributed by atoms with Crippen LogP contribution in [0, 0.1) is 17.8 Å². The Bertz CT molecular complexity index is 702. The van der Waals surface area contributed by atoms with Gasteiger partial charge in [0.25, 0.3) is 0 Å². The lowest BCUT2D eigenvalue weighted by atomic mass is 9.81. The van der Waals surface area contributed by atoms with Crippen molar-refractivity contribution >= 4 is 17.7 Å². The fourth-order valence-corrected chi connectivity index (χ4v) is 4.51. The molecule has 3 amide bonds. The van der Waals surface area contributed by atoms with Crippen molar-refractivity contribution in [2.24, 2.45) is 17.8 Å². The van der Waals surface area contributed by atoms with E-state index in [0.717, 1.165) is 37.7 Å². The Morgan fingerprint density at radius 3 is 2.14 bits per heavy atom. The Hall–Kier alpha value is -2.17. The molecule has 1 aliphatic carbocycles. The maximum Gasteiger partial charge on any atom is 0.233 e. The van der Waals surface area contributed by atoms with Gasteiger partial charge >= 0.3 is 0 Å². The molecule has 1 aromatic rings. The second kappa shape index (κ2) is 8.89. The number of amides is 3. The Morgan fingerprint density at radius 2 is 1.64 bits per heavy atom. The molecule has 1 saturated carbocycles. The largest absolute Gasteiger partial charge is 0.349 e. The summed E-state index contributed by atoms with van der Waals surface area (Å²) in [4.78, 5) is 39.0. The van der Waals surface area contributed by atoms with Crippen LogP contribution in [0.15, 0.2) is 24.3 Å². The van der Waals surface area contributed by atoms with Crippen LogP contribution in [0.4, 0.5) is 0 Å². The first-order valence-electron chi connectivity index (χ1n) is 10.7. The summed E-state index contributed by atoms with van der Waals surface area (Å²) in [5, 5.41) is 3.10. The second-order valence-corrected chi connectivity index (χ2v) is 8.46. The van der Waals surface area contributed by atoms with Gasteiger partial charge in [0.15, 0.2) is 0 Å². The molecular weight excluding hydrogens is 352 g/mol. The van der Waals surface area contributed by atoms with Crippen LogP contribution in [-0.2, 0) is 20.8 Å². The fraction of sp³-hybridized carbons (Fsp3) is 0.609. The molecule has 1 aromatic carbocycles. The number of likely N-dealkylation sites (tertiary alicyclic amines) is 1. The smallest absolute Gasteiger partial charge is 0.233 e. The van der Waals surface area contributed by atoms with E-state index in [2.05, 4.69) is 50.4 Å². The third kappa shape index (κ3) is 4.29. The van der Waals surface area contributed by atoms with Gasteiger partial charge in [-0.05, 0) is 36.3 Å². The van der Waals surface area contributed by atoms with E-state index in [1.54, 1.807) is 0 Å². The fourth-order valence-electron chi connectivity index (χ4n) is 4.51. The molecule has 2 aliphatic rings. The first kappa shape index (κ1) is 20.6. The molecule has 152 valence electrons. The highest BCUT2D eigenvalue weighted by Crippen LogP contribution is 2.38. The van der Waals surface area contributed by atoms with Gasteiger partial charge in [0.2, 0.25) is 17.7 Å². The van der Waals surface area contributed by atoms with E-state index in [-0.39, 0.29) is 54.5 Å². The maximum atomic E-state index is 12.6. The normalized spacial score (nSPS) is 23.1. The van der Waals surface area contributed by atoms with Crippen molar-refractivity contribution in [2.75, 3.05) is 6.54 Å². The van der Waals surface area contributed by atoms with Gasteiger partial charge in [0, 0.05) is 13.0 Å². The summed E-state index contributed by atoms with van der Waals surface area (Å²) in [6.45, 7) is 6.47. The van der Waals surface area contributed by atoms with Gasteiger partial charge in [-0.15, -0.1) is 0 Å². The zero-order valence-corrected chi connectivity index (χ0v) is 17.2. The topological polar surface area (TPSA) is 66.5 Å². The molecule has 28 heavy (non-hydrogen) atoms. The van der Waals surface area contributed by atoms with Gasteiger partial charge in [0.1, 0.15) is 0 Å². The van der Waals surface area contributed by atoms with E-state index in [4.69, 9.17) is 0 Å². The molecule has 3 rings (SSSR count). The summed E-state index contributed by atoms with van der Waals surface area (Å²) in [5.74, 6) is -0.311. The molecular formula is C23H32N2O3. The van der Waals surface area contributed by atoms with Gasteiger partial charge in [0.05, 0.1) is 17.9 Å². The number of benzene rings is 1. The van der Waals surface area contributed by atoms with Crippen LogP contribution in [0.3, 0.4) is 0 Å². The minimum Gasteiger partial charge on any atom is -0.349 e. The third-order valence-electron chi connectivity index (χ3n) is 6.23. The molecule has 0 unspecified atom stereocenters. The molecule has 1 aliphatic heterocycles. The quantitative estimate of drug-likeness (QED) is 0.730. The first-order valence-corrected chi connectivity index (χ1v) is 10.7. The van der Waals surface area contributed by atoms with Crippen LogP contribution in [0.5, 0.6) is 0 Å². The molecule has 1 saturated heterocycles. The molecule has 1 N–H and O–H groups in total. The maximum absolute atomic E-state index is 12.6. The highest BCUT2D eigenvalue weighted by molar-refractivity contribution is 6.05. The molecule has 0 spiro atoms. The van der Waals surface area contributed by atoms with Crippen molar-refractivity contribution in [3.63, 3.8) is 0 Å². The lowest BCUT2D eigenvalue weighted by Crippen LogP contribution is -2.37. The van der Waals surface area contributed by atoms with Crippen molar-refractivity contribution in [2.45, 2.75) is 65.3 Å². The minimum absolute atomic E-state index is 0.0712. The number of fused-ring (bicyclic) bond motifs is 1. The Morgan fingerprint density at radius 1 is 1.07 bits per heavy atom. The van der Waals surface area contributed by atoms with Crippen molar-refractivity contribution in [3.05, 3.63) is 35.4 Å². The van der Waals surface area contributed by atoms with Gasteiger partial charge in [-0.3, -0.25) is 19.3 Å². The molecule has 0 radical (unpaired) electrons. The molecule has 3 atom stereocenters. The number of carbonyl (C=O) groups is 3. The van der Waals surface area contributed by atoms with Crippen LogP contribution < -0.4 is 5.32 Å². The van der Waals surface area contributed by atoms with Crippen molar-refractivity contribution in [1.29, 1.82) is 0 Å². The Kier molecular flexibility index (Phi) is 6.53. The number of aryl methyl sites for hydroxylation is 1. The van der Waals surface area contributed by atoms with Crippen LogP contribution >= 0.6 is 0 Å². The van der Waals surface area contributed by atoms with Crippen LogP contribution in [-0.4, -0.2) is 29.2 Å². The van der Waals surface area contributed by atoms with E-state index in [0.29, 0.717) is 0 Å². The van der Waals surface area contributed by atoms with Crippen molar-refractivity contribution in [1.82, 2.24) is 10.2 Å². The average Bonchev–Trinajstić information content (AvgIpc) is 2.95. The number of hydrogen-bond acceptors (Lipinski definition) is 3. The molecule has 5 nitrogen and oxygen atoms in total. The van der Waals surface area contributed by atoms with Crippen molar-refractivity contribution in [3.8, 4) is 0 Å². The number of carbonyl (C=O) groups excluding carboxylic acids is 3. The molecule has 1 heterocycles. The standard InChI is InChI=1S/C23H32N2O3/c1-4-16-9-11-17(12-10-16)21(15(2)3)24-20(26)13-14-25-22(27)18-7-5-6-8-19(18)23(25)28/h9-12,15,18-19,21H,4-8,13-14H2,1-3H3,(H,24,26)/t18-,19+,21-/m0/s1. The Labute approximate surface area is 167 Å². The van der Waals surface area contributed by atoms with E-state index in [9.17, 15) is 14.4 Å². The van der Waals surface area contributed by atoms with Gasteiger partial charge in [-0.1, -0.05) is 57.9 Å². The predicted molar refractivity (Wildman–Crippen MR) is 108 cm³/mol. The van der Waals surface area contributed by atoms with E-state index >= 15 is 0 Å². The average molecular weight is 385 g/mol. The summed E-state index contributed by atoms with van der Waals surface area (Å²) in [6, 6.07) is 8.26. The molecule has 5 heteroatoms. The lowest BCUT2D eigenvalue weighted by Gasteiger charge is -2.24. The summed E-state index contributed by atoms with van der Waals surface area (Å²) in [5.41, 5.74) is 2.35. The second-order valence-electron chi connectivity index (χ2n) is 8.46. The zero-order chi connectivity index (χ0) is 20.3. The minimum atomic E-state index is -0.148. The predicted octanol–water partition coefficient (Wildman–Crippen LogP) is 3.63. The van der Waals surface area contributed by atoms with Gasteiger partial charge < -0.3 is 5.32 Å². The number of hydrogen-bond donors (Lipinski definition) is 1. The third-order valence-corrected chi connectivity index (χ3v) is 6.23. The number of rotatable bonds is 7. The number of imide groups is 1. The summed E-state index contributed by atoms with van der Waals surface area (Å²) in [7, 11) is 0. The highest BCUT2D eigenvalue weighted by Gasteiger charge is 2.47. The molecule has 0 bridgehead atoms. The van der Waals surface area contributed by atoms with Gasteiger partial charge in [-0.2, -0.15) is 0 Å². The number of nitrogens with one attached hydrogen (secondary N) is 1. The van der Waals surface area contributed by atoms with Crippen LogP contribution in [0.2, 0.25) is 0 Å². The highest BCUT2D eigenvalue weighted by atomic mass is 16.2. The summed E-state index contributed by atoms with van der Waals surface area (Å²) in [6.07, 6.45) is 4.79. The first-order chi connectivity index (χ1) is 13.4. The van der Waals surface area contributed by atoms with E-state index in [1.807, 2.05) is 0 Å². The van der Waals surface area contributed by atoms with Crippen LogP contribution in [0.25, 0.3) is 0 Å². The zero-order valence-electron chi connectivity index (χ0n) is 17.2. The number of nitrogens with zero attached hydrogens (tertiary/aromatic N) is 1. The van der Waals surface area contributed by atoms with E-state index in [1.165, 1.54) is 10.5 Å². The summed E-state index contributed by atoms with van der Waals surface area (Å²) < 4.78 is 0. The SMILES string of the molecule is CCc1ccc([C@@H](NC(=O)CCN2C(=O)[C@H]3CCCC[C@H]3C2=O)C(C)C)cc1. The Balaban J connectivity index is 1.59. The molecule has 0 aromatic heterocycles. The summed E-state index contributed by atoms with van der Waals surface area (Å²) >= 11 is 0. The molecule has 2 fully saturated rings. The van der Waals surface area contributed by atoms with Gasteiger partial charge in [-0.25, -0.2) is 0 Å². The van der Waals surface area contributed by atoms with E-state index < -0.39 is 0 Å². The van der Waals surface area contributed by atoms with Crippen molar-refractivity contribution < 1.29 is 14.4 Å². The lowest BCUT2D eigenvalue weighted by molar-refractivity contribution is -0.140. The monoisotopic (exact) mass is 384 g/mol. The van der Waals surface area contributed by atoms with Crippen LogP contribution in [0.1, 0.15) is 70.0 Å².